The lowest BCUT2D eigenvalue weighted by Gasteiger charge is -2.08. The first-order valence-corrected chi connectivity index (χ1v) is 7.67. The van der Waals surface area contributed by atoms with Gasteiger partial charge in [-0.15, -0.1) is 0 Å². The predicted octanol–water partition coefficient (Wildman–Crippen LogP) is 3.29. The van der Waals surface area contributed by atoms with Gasteiger partial charge in [-0.2, -0.15) is 5.10 Å². The number of hydrogen-bond acceptors (Lipinski definition) is 4. The van der Waals surface area contributed by atoms with E-state index in [4.69, 9.17) is 0 Å². The Morgan fingerprint density at radius 2 is 2.00 bits per heavy atom. The SMILES string of the molecule is O=C(Nc1ccc(Br)c2cccnc12)c1cc2ncccn2n1. The van der Waals surface area contributed by atoms with Crippen LogP contribution in [0.25, 0.3) is 16.6 Å². The molecule has 112 valence electrons. The fraction of sp³-hybridized carbons (Fsp3) is 0. The lowest BCUT2D eigenvalue weighted by molar-refractivity contribution is 0.102. The van der Waals surface area contributed by atoms with Crippen molar-refractivity contribution in [2.75, 3.05) is 5.32 Å². The summed E-state index contributed by atoms with van der Waals surface area (Å²) < 4.78 is 2.49. The number of carbonyl (C=O) groups excluding carboxylic acids is 1. The standard InChI is InChI=1S/C16H10BrN5O/c17-11-4-5-12(15-10(11)3-1-6-19-15)20-16(23)13-9-14-18-7-2-8-22(14)21-13/h1-9H,(H,20,23). The second-order valence-electron chi connectivity index (χ2n) is 4.90. The highest BCUT2D eigenvalue weighted by atomic mass is 79.9. The molecule has 0 aliphatic rings. The van der Waals surface area contributed by atoms with Gasteiger partial charge in [-0.3, -0.25) is 9.78 Å². The number of anilines is 1. The molecule has 0 unspecified atom stereocenters. The van der Waals surface area contributed by atoms with Gasteiger partial charge in [0.1, 0.15) is 0 Å². The van der Waals surface area contributed by atoms with Crippen LogP contribution < -0.4 is 5.32 Å². The number of nitrogens with one attached hydrogen (secondary N) is 1. The summed E-state index contributed by atoms with van der Waals surface area (Å²) in [6.07, 6.45) is 5.10. The van der Waals surface area contributed by atoms with Gasteiger partial charge in [-0.05, 0) is 24.3 Å². The van der Waals surface area contributed by atoms with Crippen LogP contribution in [0.3, 0.4) is 0 Å². The van der Waals surface area contributed by atoms with Crippen molar-refractivity contribution >= 4 is 44.1 Å². The molecule has 1 amide bonds. The molecule has 0 atom stereocenters. The number of amides is 1. The molecule has 3 heterocycles. The Hall–Kier alpha value is -2.80. The summed E-state index contributed by atoms with van der Waals surface area (Å²) in [5.41, 5.74) is 2.28. The zero-order valence-corrected chi connectivity index (χ0v) is 13.4. The van der Waals surface area contributed by atoms with E-state index in [0.717, 1.165) is 15.4 Å². The second kappa shape index (κ2) is 5.44. The molecular formula is C16H10BrN5O. The maximum absolute atomic E-state index is 12.5. The van der Waals surface area contributed by atoms with Gasteiger partial charge in [0.25, 0.3) is 5.91 Å². The molecule has 4 rings (SSSR count). The Labute approximate surface area is 139 Å². The van der Waals surface area contributed by atoms with Crippen LogP contribution in [-0.2, 0) is 0 Å². The van der Waals surface area contributed by atoms with E-state index in [0.29, 0.717) is 17.0 Å². The average Bonchev–Trinajstić information content (AvgIpc) is 3.02. The van der Waals surface area contributed by atoms with Crippen LogP contribution in [0.5, 0.6) is 0 Å². The molecule has 6 nitrogen and oxygen atoms in total. The lowest BCUT2D eigenvalue weighted by atomic mass is 10.2. The molecule has 1 N–H and O–H groups in total. The van der Waals surface area contributed by atoms with Crippen molar-refractivity contribution in [3.8, 4) is 0 Å². The highest BCUT2D eigenvalue weighted by Gasteiger charge is 2.14. The maximum atomic E-state index is 12.5. The zero-order valence-electron chi connectivity index (χ0n) is 11.8. The molecule has 3 aromatic heterocycles. The molecule has 0 fully saturated rings. The number of nitrogens with zero attached hydrogens (tertiary/aromatic N) is 4. The third kappa shape index (κ3) is 2.44. The Kier molecular flexibility index (Phi) is 3.27. The normalized spacial score (nSPS) is 11.0. The number of rotatable bonds is 2. The highest BCUT2D eigenvalue weighted by Crippen LogP contribution is 2.28. The second-order valence-corrected chi connectivity index (χ2v) is 5.76. The zero-order chi connectivity index (χ0) is 15.8. The minimum atomic E-state index is -0.301. The van der Waals surface area contributed by atoms with Gasteiger partial charge in [0, 0.05) is 34.5 Å². The molecular weight excluding hydrogens is 358 g/mol. The first-order valence-electron chi connectivity index (χ1n) is 6.87. The Morgan fingerprint density at radius 3 is 2.87 bits per heavy atom. The van der Waals surface area contributed by atoms with E-state index in [2.05, 4.69) is 36.3 Å². The molecule has 0 saturated heterocycles. The molecule has 7 heteroatoms. The van der Waals surface area contributed by atoms with Gasteiger partial charge in [-0.25, -0.2) is 9.50 Å². The number of carbonyl (C=O) groups is 1. The molecule has 0 aliphatic heterocycles. The van der Waals surface area contributed by atoms with Crippen LogP contribution in [0.2, 0.25) is 0 Å². The van der Waals surface area contributed by atoms with Crippen LogP contribution in [0.15, 0.2) is 59.5 Å². The van der Waals surface area contributed by atoms with Crippen molar-refractivity contribution in [1.82, 2.24) is 19.6 Å². The minimum Gasteiger partial charge on any atom is -0.319 e. The Balaban J connectivity index is 1.73. The van der Waals surface area contributed by atoms with Gasteiger partial charge in [-0.1, -0.05) is 22.0 Å². The van der Waals surface area contributed by atoms with Crippen molar-refractivity contribution in [2.24, 2.45) is 0 Å². The summed E-state index contributed by atoms with van der Waals surface area (Å²) in [6, 6.07) is 10.9. The van der Waals surface area contributed by atoms with E-state index in [-0.39, 0.29) is 5.91 Å². The molecule has 0 radical (unpaired) electrons. The van der Waals surface area contributed by atoms with E-state index in [1.54, 1.807) is 35.2 Å². The van der Waals surface area contributed by atoms with Crippen molar-refractivity contribution in [1.29, 1.82) is 0 Å². The molecule has 1 aromatic carbocycles. The largest absolute Gasteiger partial charge is 0.319 e. The number of fused-ring (bicyclic) bond motifs is 2. The quantitative estimate of drug-likeness (QED) is 0.589. The van der Waals surface area contributed by atoms with E-state index in [1.165, 1.54) is 0 Å². The summed E-state index contributed by atoms with van der Waals surface area (Å²) in [5.74, 6) is -0.301. The fourth-order valence-corrected chi connectivity index (χ4v) is 2.82. The van der Waals surface area contributed by atoms with Gasteiger partial charge in [0.15, 0.2) is 11.3 Å². The average molecular weight is 368 g/mol. The van der Waals surface area contributed by atoms with Crippen LogP contribution >= 0.6 is 15.9 Å². The lowest BCUT2D eigenvalue weighted by Crippen LogP contribution is -2.13. The van der Waals surface area contributed by atoms with Gasteiger partial charge >= 0.3 is 0 Å². The van der Waals surface area contributed by atoms with Crippen molar-refractivity contribution < 1.29 is 4.79 Å². The predicted molar refractivity (Wildman–Crippen MR) is 90.4 cm³/mol. The molecule has 0 bridgehead atoms. The Bertz CT molecular complexity index is 1010. The fourth-order valence-electron chi connectivity index (χ4n) is 2.37. The number of hydrogen-bond donors (Lipinski definition) is 1. The van der Waals surface area contributed by atoms with Crippen molar-refractivity contribution in [2.45, 2.75) is 0 Å². The van der Waals surface area contributed by atoms with E-state index in [9.17, 15) is 4.79 Å². The number of pyridine rings is 1. The number of halogens is 1. The summed E-state index contributed by atoms with van der Waals surface area (Å²) in [7, 11) is 0. The van der Waals surface area contributed by atoms with Crippen molar-refractivity contribution in [3.05, 3.63) is 65.2 Å². The summed E-state index contributed by atoms with van der Waals surface area (Å²) >= 11 is 3.49. The van der Waals surface area contributed by atoms with Gasteiger partial charge in [0.2, 0.25) is 0 Å². The summed E-state index contributed by atoms with van der Waals surface area (Å²) in [6.45, 7) is 0. The van der Waals surface area contributed by atoms with E-state index >= 15 is 0 Å². The van der Waals surface area contributed by atoms with Crippen LogP contribution in [-0.4, -0.2) is 25.5 Å². The van der Waals surface area contributed by atoms with Crippen LogP contribution in [0.1, 0.15) is 10.5 Å². The number of benzene rings is 1. The molecule has 0 saturated carbocycles. The van der Waals surface area contributed by atoms with Gasteiger partial charge in [0.05, 0.1) is 11.2 Å². The Morgan fingerprint density at radius 1 is 1.13 bits per heavy atom. The third-order valence-corrected chi connectivity index (χ3v) is 4.12. The van der Waals surface area contributed by atoms with Crippen molar-refractivity contribution in [3.63, 3.8) is 0 Å². The van der Waals surface area contributed by atoms with E-state index in [1.807, 2.05) is 24.3 Å². The number of aromatic nitrogens is 4. The smallest absolute Gasteiger partial charge is 0.276 e. The first-order chi connectivity index (χ1) is 11.2. The minimum absolute atomic E-state index is 0.301. The summed E-state index contributed by atoms with van der Waals surface area (Å²) in [5, 5.41) is 8.01. The monoisotopic (exact) mass is 367 g/mol. The van der Waals surface area contributed by atoms with E-state index < -0.39 is 0 Å². The van der Waals surface area contributed by atoms with Gasteiger partial charge < -0.3 is 5.32 Å². The molecule has 0 spiro atoms. The third-order valence-electron chi connectivity index (χ3n) is 3.43. The highest BCUT2D eigenvalue weighted by molar-refractivity contribution is 9.10. The molecule has 4 aromatic rings. The summed E-state index contributed by atoms with van der Waals surface area (Å²) in [4.78, 5) is 21.0. The molecule has 23 heavy (non-hydrogen) atoms. The maximum Gasteiger partial charge on any atom is 0.276 e. The van der Waals surface area contributed by atoms with Crippen LogP contribution in [0.4, 0.5) is 5.69 Å². The first kappa shape index (κ1) is 13.8. The van der Waals surface area contributed by atoms with Crippen LogP contribution in [0, 0.1) is 0 Å². The topological polar surface area (TPSA) is 72.2 Å². The molecule has 0 aliphatic carbocycles.